The van der Waals surface area contributed by atoms with Gasteiger partial charge in [-0.1, -0.05) is 147 Å². The van der Waals surface area contributed by atoms with E-state index in [4.69, 9.17) is 14.4 Å². The zero-order valence-corrected chi connectivity index (χ0v) is 44.5. The van der Waals surface area contributed by atoms with Gasteiger partial charge in [0.2, 0.25) is 11.4 Å². The van der Waals surface area contributed by atoms with E-state index in [-0.39, 0.29) is 0 Å². The molecule has 6 aliphatic carbocycles. The molecule has 3 aromatic heterocycles. The number of benzene rings is 6. The van der Waals surface area contributed by atoms with Crippen LogP contribution in [0.25, 0.3) is 44.7 Å². The van der Waals surface area contributed by atoms with Gasteiger partial charge in [0.1, 0.15) is 0 Å². The summed E-state index contributed by atoms with van der Waals surface area (Å²) in [6.07, 6.45) is 18.7. The number of hydrogen-bond donors (Lipinski definition) is 0. The smallest absolute Gasteiger partial charge is 0.230 e. The third-order valence-electron chi connectivity index (χ3n) is 20.8. The van der Waals surface area contributed by atoms with E-state index in [1.165, 1.54) is 124 Å². The lowest BCUT2D eigenvalue weighted by Gasteiger charge is -2.43. The van der Waals surface area contributed by atoms with Gasteiger partial charge in [0.15, 0.2) is 0 Å². The SMILES string of the molecule is c1ccc(N(c2ccccc2)C2CCC3C(C2)C2CCCCC2C3c2ccc(-c3ccc4c(n3)oc3nc(-c5ccc(C6C7CCCCC7C7CC(N(c8ccccc8)c8ccccc8)CCC76)cc5)ccc34)cc2)cc1. The molecule has 0 spiro atoms. The molecule has 6 aliphatic rings. The lowest BCUT2D eigenvalue weighted by atomic mass is 9.71. The van der Waals surface area contributed by atoms with Crippen molar-refractivity contribution in [3.63, 3.8) is 0 Å². The van der Waals surface area contributed by atoms with Gasteiger partial charge >= 0.3 is 0 Å². The van der Waals surface area contributed by atoms with Crippen molar-refractivity contribution in [2.75, 3.05) is 9.80 Å². The number of para-hydroxylation sites is 4. The van der Waals surface area contributed by atoms with E-state index in [1.54, 1.807) is 0 Å². The molecule has 15 rings (SSSR count). The number of aromatic nitrogens is 2. The van der Waals surface area contributed by atoms with Crippen molar-refractivity contribution in [2.24, 2.45) is 47.3 Å². The van der Waals surface area contributed by atoms with Gasteiger partial charge in [-0.3, -0.25) is 0 Å². The Hall–Kier alpha value is -6.98. The molecule has 77 heavy (non-hydrogen) atoms. The Morgan fingerprint density at radius 1 is 0.312 bits per heavy atom. The summed E-state index contributed by atoms with van der Waals surface area (Å²) in [7, 11) is 0. The standard InChI is InChI=1S/C72H72N4O/c1-5-17-51(18-6-1)75(52-19-7-2-8-20-52)55-37-39-61-65(45-55)57-25-13-15-27-59(57)69(61)49-33-29-47(30-34-49)67-43-41-63-64-42-44-68(74-72(64)77-71(63)73-67)48-31-35-50(36-32-48)70-60-28-16-14-26-58(60)66-46-56(38-40-62(66)70)76(53-21-9-3-10-22-53)54-23-11-4-12-24-54/h1-12,17-24,29-36,41-44,55-62,65-66,69-70H,13-16,25-28,37-40,45-46H2. The van der Waals surface area contributed by atoms with Crippen molar-refractivity contribution in [3.8, 4) is 22.5 Å². The van der Waals surface area contributed by atoms with Gasteiger partial charge in [-0.2, -0.15) is 0 Å². The highest BCUT2D eigenvalue weighted by Gasteiger charge is 2.55. The van der Waals surface area contributed by atoms with Crippen LogP contribution in [0.4, 0.5) is 22.7 Å². The molecule has 9 aromatic rings. The van der Waals surface area contributed by atoms with E-state index < -0.39 is 0 Å². The van der Waals surface area contributed by atoms with Crippen LogP contribution in [0, 0.1) is 47.3 Å². The Kier molecular flexibility index (Phi) is 12.3. The lowest BCUT2D eigenvalue weighted by molar-refractivity contribution is 0.171. The second kappa shape index (κ2) is 20.1. The van der Waals surface area contributed by atoms with Crippen LogP contribution in [-0.4, -0.2) is 22.1 Å². The van der Waals surface area contributed by atoms with E-state index in [9.17, 15) is 0 Å². The molecule has 0 aliphatic heterocycles. The Morgan fingerprint density at radius 3 is 1.01 bits per heavy atom. The van der Waals surface area contributed by atoms with Gasteiger partial charge in [-0.05, 0) is 207 Å². The molecule has 5 nitrogen and oxygen atoms in total. The molecule has 3 heterocycles. The molecule has 6 fully saturated rings. The van der Waals surface area contributed by atoms with Crippen LogP contribution in [-0.2, 0) is 0 Å². The maximum Gasteiger partial charge on any atom is 0.230 e. The first-order valence-electron chi connectivity index (χ1n) is 29.9. The molecule has 0 saturated heterocycles. The summed E-state index contributed by atoms with van der Waals surface area (Å²) in [6.45, 7) is 0. The van der Waals surface area contributed by atoms with Gasteiger partial charge in [-0.25, -0.2) is 9.97 Å². The largest absolute Gasteiger partial charge is 0.419 e. The van der Waals surface area contributed by atoms with Crippen molar-refractivity contribution in [1.82, 2.24) is 9.97 Å². The highest BCUT2D eigenvalue weighted by molar-refractivity contribution is 6.03. The topological polar surface area (TPSA) is 45.4 Å². The molecule has 6 aromatic carbocycles. The second-order valence-electron chi connectivity index (χ2n) is 24.4. The predicted molar refractivity (Wildman–Crippen MR) is 316 cm³/mol. The Labute approximate surface area is 455 Å². The minimum atomic E-state index is 0.516. The van der Waals surface area contributed by atoms with Crippen LogP contribution in [0.3, 0.4) is 0 Å². The third-order valence-corrected chi connectivity index (χ3v) is 20.8. The van der Waals surface area contributed by atoms with E-state index in [1.807, 2.05) is 0 Å². The third kappa shape index (κ3) is 8.50. The fourth-order valence-electron chi connectivity index (χ4n) is 17.8. The monoisotopic (exact) mass is 1010 g/mol. The first-order chi connectivity index (χ1) is 38.2. The van der Waals surface area contributed by atoms with Crippen molar-refractivity contribution in [3.05, 3.63) is 205 Å². The second-order valence-corrected chi connectivity index (χ2v) is 24.4. The molecule has 0 bridgehead atoms. The van der Waals surface area contributed by atoms with Gasteiger partial charge in [0.25, 0.3) is 0 Å². The maximum atomic E-state index is 6.56. The van der Waals surface area contributed by atoms with Crippen molar-refractivity contribution < 1.29 is 4.42 Å². The number of hydrogen-bond acceptors (Lipinski definition) is 5. The summed E-state index contributed by atoms with van der Waals surface area (Å²) >= 11 is 0. The van der Waals surface area contributed by atoms with E-state index in [2.05, 4.69) is 204 Å². The first kappa shape index (κ1) is 47.3. The molecular formula is C72H72N4O. The molecule has 6 saturated carbocycles. The highest BCUT2D eigenvalue weighted by atomic mass is 16.3. The first-order valence-corrected chi connectivity index (χ1v) is 29.9. The minimum absolute atomic E-state index is 0.516. The van der Waals surface area contributed by atoms with Gasteiger partial charge in [0.05, 0.1) is 11.4 Å². The molecule has 12 atom stereocenters. The average molecular weight is 1010 g/mol. The molecule has 0 N–H and O–H groups in total. The quantitative estimate of drug-likeness (QED) is 0.137. The molecule has 0 amide bonds. The average Bonchev–Trinajstić information content (AvgIpc) is 4.19. The fourth-order valence-corrected chi connectivity index (χ4v) is 17.8. The van der Waals surface area contributed by atoms with Crippen molar-refractivity contribution >= 4 is 44.9 Å². The summed E-state index contributed by atoms with van der Waals surface area (Å²) in [5.74, 6) is 7.47. The summed E-state index contributed by atoms with van der Waals surface area (Å²) in [5, 5.41) is 2.04. The Morgan fingerprint density at radius 2 is 0.649 bits per heavy atom. The van der Waals surface area contributed by atoms with Gasteiger partial charge < -0.3 is 14.2 Å². The summed E-state index contributed by atoms with van der Waals surface area (Å²) in [5.41, 5.74) is 13.9. The molecule has 12 unspecified atom stereocenters. The summed E-state index contributed by atoms with van der Waals surface area (Å²) in [6, 6.07) is 73.6. The zero-order valence-electron chi connectivity index (χ0n) is 44.5. The predicted octanol–water partition coefficient (Wildman–Crippen LogP) is 18.8. The molecule has 0 radical (unpaired) electrons. The van der Waals surface area contributed by atoms with Crippen LogP contribution in [0.2, 0.25) is 0 Å². The zero-order chi connectivity index (χ0) is 50.8. The molecule has 386 valence electrons. The Balaban J connectivity index is 0.654. The van der Waals surface area contributed by atoms with Crippen LogP contribution in [0.5, 0.6) is 0 Å². The van der Waals surface area contributed by atoms with Crippen LogP contribution < -0.4 is 9.80 Å². The van der Waals surface area contributed by atoms with Gasteiger partial charge in [-0.15, -0.1) is 0 Å². The summed E-state index contributed by atoms with van der Waals surface area (Å²) in [4.78, 5) is 15.7. The fraction of sp³-hybridized carbons (Fsp3) is 0.361. The lowest BCUT2D eigenvalue weighted by Crippen LogP contribution is -2.39. The highest BCUT2D eigenvalue weighted by Crippen LogP contribution is 2.63. The minimum Gasteiger partial charge on any atom is -0.419 e. The number of nitrogens with zero attached hydrogens (tertiary/aromatic N) is 4. The molecular weight excluding hydrogens is 937 g/mol. The molecule has 5 heteroatoms. The van der Waals surface area contributed by atoms with Crippen LogP contribution in [0.1, 0.15) is 113 Å². The number of anilines is 4. The van der Waals surface area contributed by atoms with Crippen LogP contribution in [0.15, 0.2) is 199 Å². The number of furan rings is 1. The van der Waals surface area contributed by atoms with Crippen LogP contribution >= 0.6 is 0 Å². The number of rotatable bonds is 10. The van der Waals surface area contributed by atoms with Crippen molar-refractivity contribution in [2.45, 2.75) is 114 Å². The maximum absolute atomic E-state index is 6.56. The number of pyridine rings is 2. The van der Waals surface area contributed by atoms with Crippen molar-refractivity contribution in [1.29, 1.82) is 0 Å². The summed E-state index contributed by atoms with van der Waals surface area (Å²) < 4.78 is 6.56. The van der Waals surface area contributed by atoms with E-state index in [0.717, 1.165) is 80.6 Å². The van der Waals surface area contributed by atoms with Gasteiger partial charge in [0, 0.05) is 56.7 Å². The van der Waals surface area contributed by atoms with E-state index in [0.29, 0.717) is 35.3 Å². The normalized spacial score (nSPS) is 28.6. The number of fused-ring (bicyclic) bond motifs is 9. The van der Waals surface area contributed by atoms with E-state index >= 15 is 0 Å². The Bertz CT molecular complexity index is 3160.